The Bertz CT molecular complexity index is 886. The molecule has 1 unspecified atom stereocenters. The summed E-state index contributed by atoms with van der Waals surface area (Å²) in [6.07, 6.45) is 5.52. The molecule has 1 aromatic carbocycles. The van der Waals surface area contributed by atoms with Crippen LogP contribution in [-0.2, 0) is 17.2 Å². The molecule has 0 aliphatic heterocycles. The van der Waals surface area contributed by atoms with Gasteiger partial charge in [-0.25, -0.2) is 0 Å². The third-order valence-corrected chi connectivity index (χ3v) is 5.98. The zero-order chi connectivity index (χ0) is 16.5. The maximum absolute atomic E-state index is 13.2. The second-order valence-electron chi connectivity index (χ2n) is 5.90. The second kappa shape index (κ2) is 10.3. The Hall–Kier alpha value is -1.29. The van der Waals surface area contributed by atoms with E-state index >= 15 is 0 Å². The Morgan fingerprint density at radius 2 is 1.96 bits per heavy atom. The van der Waals surface area contributed by atoms with Gasteiger partial charge >= 0.3 is 29.6 Å². The standard InChI is InChI=1S/C18H18N3O2S.Na.2H2O/c1-23-15-10-11-19-17-12(15)6-2-5-9-16(17)24(22)18-20-13-7-3-4-8-14(13)21-18;;;/h3-4,7-8,10-11,16H,2,5-6,9H2,1H3;;2*1H2/q-1;+1;;/t16-,24?;;;/m0.../s1. The van der Waals surface area contributed by atoms with Gasteiger partial charge in [-0.2, -0.15) is 0 Å². The van der Waals surface area contributed by atoms with Crippen molar-refractivity contribution in [2.24, 2.45) is 0 Å². The third-order valence-electron chi connectivity index (χ3n) is 4.47. The van der Waals surface area contributed by atoms with Crippen molar-refractivity contribution in [3.05, 3.63) is 47.8 Å². The maximum Gasteiger partial charge on any atom is 1.00 e. The average molecular weight is 399 g/mol. The van der Waals surface area contributed by atoms with Crippen LogP contribution in [0.3, 0.4) is 0 Å². The van der Waals surface area contributed by atoms with Crippen molar-refractivity contribution in [3.8, 4) is 5.75 Å². The van der Waals surface area contributed by atoms with Crippen LogP contribution in [-0.4, -0.2) is 32.2 Å². The van der Waals surface area contributed by atoms with E-state index in [0.29, 0.717) is 5.16 Å². The van der Waals surface area contributed by atoms with Crippen molar-refractivity contribution in [2.75, 3.05) is 7.11 Å². The first-order chi connectivity index (χ1) is 11.8. The zero-order valence-corrected chi connectivity index (χ0v) is 18.3. The van der Waals surface area contributed by atoms with E-state index in [4.69, 9.17) is 4.74 Å². The van der Waals surface area contributed by atoms with Gasteiger partial charge in [-0.15, -0.1) is 0 Å². The van der Waals surface area contributed by atoms with E-state index < -0.39 is 10.8 Å². The monoisotopic (exact) mass is 399 g/mol. The van der Waals surface area contributed by atoms with E-state index in [9.17, 15) is 4.21 Å². The first kappa shape index (κ1) is 23.7. The number of benzene rings is 1. The van der Waals surface area contributed by atoms with Crippen LogP contribution in [0, 0.1) is 0 Å². The number of methoxy groups -OCH3 is 1. The minimum absolute atomic E-state index is 0. The van der Waals surface area contributed by atoms with Crippen LogP contribution in [0.4, 0.5) is 0 Å². The Balaban J connectivity index is 0.00000121. The van der Waals surface area contributed by atoms with E-state index in [1.165, 1.54) is 0 Å². The first-order valence-corrected chi connectivity index (χ1v) is 9.31. The largest absolute Gasteiger partial charge is 1.00 e. The van der Waals surface area contributed by atoms with Gasteiger partial charge in [0.15, 0.2) is 0 Å². The molecule has 2 aromatic heterocycles. The molecule has 3 aromatic rings. The van der Waals surface area contributed by atoms with Gasteiger partial charge in [-0.1, -0.05) is 30.7 Å². The fraction of sp³-hybridized carbons (Fsp3) is 0.333. The fourth-order valence-corrected chi connectivity index (χ4v) is 4.71. The molecule has 2 atom stereocenters. The number of ether oxygens (including phenoxy) is 1. The molecule has 0 radical (unpaired) electrons. The molecule has 9 heteroatoms. The minimum atomic E-state index is -1.33. The van der Waals surface area contributed by atoms with Crippen molar-refractivity contribution in [1.29, 1.82) is 0 Å². The molecule has 0 saturated heterocycles. The van der Waals surface area contributed by atoms with Crippen molar-refractivity contribution in [3.63, 3.8) is 0 Å². The zero-order valence-electron chi connectivity index (χ0n) is 15.4. The Morgan fingerprint density at radius 1 is 1.19 bits per heavy atom. The van der Waals surface area contributed by atoms with E-state index in [-0.39, 0.29) is 45.8 Å². The summed E-state index contributed by atoms with van der Waals surface area (Å²) >= 11 is 0. The van der Waals surface area contributed by atoms with Crippen LogP contribution in [0.1, 0.15) is 35.8 Å². The number of rotatable bonds is 3. The van der Waals surface area contributed by atoms with Crippen molar-refractivity contribution >= 4 is 21.8 Å². The van der Waals surface area contributed by atoms with Gasteiger partial charge in [-0.3, -0.25) is 9.19 Å². The molecular weight excluding hydrogens is 377 g/mol. The number of para-hydroxylation sites is 2. The molecule has 4 N–H and O–H groups in total. The van der Waals surface area contributed by atoms with Crippen LogP contribution < -0.4 is 39.3 Å². The molecule has 0 amide bonds. The van der Waals surface area contributed by atoms with E-state index in [2.05, 4.69) is 15.0 Å². The molecule has 1 aliphatic rings. The predicted molar refractivity (Wildman–Crippen MR) is 99.8 cm³/mol. The van der Waals surface area contributed by atoms with Gasteiger partial charge in [-0.05, 0) is 36.4 Å². The quantitative estimate of drug-likeness (QED) is 0.392. The second-order valence-corrected chi connectivity index (χ2v) is 7.43. The van der Waals surface area contributed by atoms with Crippen molar-refractivity contribution in [1.82, 2.24) is 15.0 Å². The fourth-order valence-electron chi connectivity index (χ4n) is 3.29. The van der Waals surface area contributed by atoms with Gasteiger partial charge in [0.2, 0.25) is 0 Å². The molecule has 140 valence electrons. The maximum atomic E-state index is 13.2. The molecule has 2 heterocycles. The Labute approximate surface area is 182 Å². The summed E-state index contributed by atoms with van der Waals surface area (Å²) in [5, 5.41) is 0.216. The number of hydrogen-bond acceptors (Lipinski definition) is 4. The molecule has 0 saturated carbocycles. The molecule has 0 spiro atoms. The first-order valence-electron chi connectivity index (χ1n) is 8.09. The number of fused-ring (bicyclic) bond motifs is 2. The molecule has 0 bridgehead atoms. The summed E-state index contributed by atoms with van der Waals surface area (Å²) < 4.78 is 18.7. The number of imidazole rings is 1. The SMILES string of the molecule is COc1ccnc2c1CCCC[C@@H]2S(=O)c1nc2ccccc2[n-]1.O.O.[Na+]. The molecule has 0 fully saturated rings. The summed E-state index contributed by atoms with van der Waals surface area (Å²) in [6.45, 7) is 0. The van der Waals surface area contributed by atoms with Crippen molar-refractivity contribution < 1.29 is 49.5 Å². The van der Waals surface area contributed by atoms with Crippen LogP contribution in [0.15, 0.2) is 41.7 Å². The van der Waals surface area contributed by atoms with Gasteiger partial charge in [0.1, 0.15) is 5.75 Å². The molecule has 27 heavy (non-hydrogen) atoms. The molecule has 7 nitrogen and oxygen atoms in total. The van der Waals surface area contributed by atoms with E-state index in [1.54, 1.807) is 13.3 Å². The smallest absolute Gasteiger partial charge is 0.496 e. The summed E-state index contributed by atoms with van der Waals surface area (Å²) in [4.78, 5) is 13.5. The third kappa shape index (κ3) is 4.59. The predicted octanol–water partition coefficient (Wildman–Crippen LogP) is -1.47. The molecule has 1 aliphatic carbocycles. The van der Waals surface area contributed by atoms with Crippen LogP contribution in [0.2, 0.25) is 0 Å². The Morgan fingerprint density at radius 3 is 2.70 bits per heavy atom. The number of pyridine rings is 1. The summed E-state index contributed by atoms with van der Waals surface area (Å²) in [5.74, 6) is 0.831. The van der Waals surface area contributed by atoms with Crippen LogP contribution in [0.25, 0.3) is 11.0 Å². The summed E-state index contributed by atoms with van der Waals surface area (Å²) in [5.41, 5.74) is 3.52. The molecule has 4 rings (SSSR count). The van der Waals surface area contributed by atoms with Gasteiger partial charge in [0, 0.05) is 16.9 Å². The van der Waals surface area contributed by atoms with Gasteiger partial charge < -0.3 is 25.7 Å². The van der Waals surface area contributed by atoms with Gasteiger partial charge in [0.25, 0.3) is 0 Å². The van der Waals surface area contributed by atoms with Crippen LogP contribution >= 0.6 is 0 Å². The minimum Gasteiger partial charge on any atom is -0.496 e. The topological polar surface area (TPSA) is 129 Å². The van der Waals surface area contributed by atoms with Crippen molar-refractivity contribution in [2.45, 2.75) is 36.1 Å². The van der Waals surface area contributed by atoms with Gasteiger partial charge in [0.05, 0.1) is 28.9 Å². The molecular formula is C18H22N3NaO4S. The average Bonchev–Trinajstić information content (AvgIpc) is 2.93. The number of nitrogens with zero attached hydrogens (tertiary/aromatic N) is 3. The normalized spacial score (nSPS) is 16.7. The summed E-state index contributed by atoms with van der Waals surface area (Å²) in [6, 6.07) is 9.49. The van der Waals surface area contributed by atoms with E-state index in [0.717, 1.165) is 53.7 Å². The van der Waals surface area contributed by atoms with E-state index in [1.807, 2.05) is 30.3 Å². The Kier molecular flexibility index (Phi) is 9.07. The summed E-state index contributed by atoms with van der Waals surface area (Å²) in [7, 11) is 0.341. The van der Waals surface area contributed by atoms with Crippen LogP contribution in [0.5, 0.6) is 5.75 Å². The number of aromatic nitrogens is 3. The number of hydrogen-bond donors (Lipinski definition) is 0.